The molecule has 5 rings (SSSR count). The molecule has 1 fully saturated rings. The van der Waals surface area contributed by atoms with Crippen molar-refractivity contribution in [2.45, 2.75) is 55.6 Å². The van der Waals surface area contributed by atoms with Crippen LogP contribution >= 0.6 is 23.1 Å². The van der Waals surface area contributed by atoms with E-state index < -0.39 is 0 Å². The minimum Gasteiger partial charge on any atom is -0.337 e. The molecule has 0 radical (unpaired) electrons. The minimum atomic E-state index is -0.170. The van der Waals surface area contributed by atoms with Crippen molar-refractivity contribution in [1.29, 1.82) is 0 Å². The summed E-state index contributed by atoms with van der Waals surface area (Å²) in [6, 6.07) is 13.1. The zero-order valence-electron chi connectivity index (χ0n) is 16.5. The second-order valence-electron chi connectivity index (χ2n) is 7.79. The third-order valence-electron chi connectivity index (χ3n) is 5.63. The standard InChI is InChI=1S/C22H24N4OS2/c1-15(21(27)25-11-10-16-5-2-3-6-17(16)14-25)29-22-24-23-20(26(22)18-8-9-18)13-19-7-4-12-28-19/h2-7,12,15,18H,8-11,13-14H2,1H3. The van der Waals surface area contributed by atoms with Crippen LogP contribution in [-0.2, 0) is 24.2 Å². The smallest absolute Gasteiger partial charge is 0.236 e. The fourth-order valence-electron chi connectivity index (χ4n) is 3.93. The molecule has 150 valence electrons. The molecule has 2 aromatic heterocycles. The molecule has 1 amide bonds. The summed E-state index contributed by atoms with van der Waals surface area (Å²) in [5.41, 5.74) is 2.63. The van der Waals surface area contributed by atoms with Gasteiger partial charge in [-0.1, -0.05) is 42.1 Å². The number of hydrogen-bond acceptors (Lipinski definition) is 5. The van der Waals surface area contributed by atoms with E-state index in [-0.39, 0.29) is 11.2 Å². The first-order valence-corrected chi connectivity index (χ1v) is 11.9. The van der Waals surface area contributed by atoms with Gasteiger partial charge in [0, 0.05) is 30.4 Å². The topological polar surface area (TPSA) is 51.0 Å². The average molecular weight is 425 g/mol. The van der Waals surface area contributed by atoms with Gasteiger partial charge in [-0.05, 0) is 48.8 Å². The van der Waals surface area contributed by atoms with Gasteiger partial charge in [-0.2, -0.15) is 0 Å². The number of carbonyl (C=O) groups is 1. The Bertz CT molecular complexity index is 1010. The molecule has 0 spiro atoms. The van der Waals surface area contributed by atoms with Crippen LogP contribution in [0.2, 0.25) is 0 Å². The van der Waals surface area contributed by atoms with Gasteiger partial charge >= 0.3 is 0 Å². The van der Waals surface area contributed by atoms with Crippen molar-refractivity contribution in [2.75, 3.05) is 6.54 Å². The predicted octanol–water partition coefficient (Wildman–Crippen LogP) is 4.33. The molecule has 1 saturated carbocycles. The Hall–Kier alpha value is -2.12. The Morgan fingerprint density at radius 2 is 2.03 bits per heavy atom. The summed E-state index contributed by atoms with van der Waals surface area (Å²) in [4.78, 5) is 16.4. The second-order valence-corrected chi connectivity index (χ2v) is 10.1. The molecule has 1 atom stereocenters. The number of hydrogen-bond donors (Lipinski definition) is 0. The number of rotatable bonds is 6. The molecule has 0 bridgehead atoms. The molecule has 1 aliphatic heterocycles. The van der Waals surface area contributed by atoms with Crippen molar-refractivity contribution in [3.8, 4) is 0 Å². The number of amides is 1. The normalized spacial score (nSPS) is 17.2. The third-order valence-corrected chi connectivity index (χ3v) is 7.55. The fraction of sp³-hybridized carbons (Fsp3) is 0.409. The van der Waals surface area contributed by atoms with E-state index >= 15 is 0 Å². The molecular weight excluding hydrogens is 400 g/mol. The highest BCUT2D eigenvalue weighted by atomic mass is 32.2. The van der Waals surface area contributed by atoms with Gasteiger partial charge in [0.25, 0.3) is 0 Å². The van der Waals surface area contributed by atoms with E-state index in [0.717, 1.165) is 30.4 Å². The zero-order chi connectivity index (χ0) is 19.8. The Morgan fingerprint density at radius 1 is 1.21 bits per heavy atom. The maximum Gasteiger partial charge on any atom is 0.236 e. The lowest BCUT2D eigenvalue weighted by Gasteiger charge is -2.30. The molecule has 1 aromatic carbocycles. The second kappa shape index (κ2) is 7.95. The number of thiophene rings is 1. The van der Waals surface area contributed by atoms with E-state index in [1.807, 2.05) is 11.8 Å². The lowest BCUT2D eigenvalue weighted by atomic mass is 10.00. The summed E-state index contributed by atoms with van der Waals surface area (Å²) in [5, 5.41) is 11.8. The van der Waals surface area contributed by atoms with Gasteiger partial charge in [-0.15, -0.1) is 21.5 Å². The third kappa shape index (κ3) is 3.98. The number of fused-ring (bicyclic) bond motifs is 1. The minimum absolute atomic E-state index is 0.170. The Kier molecular flexibility index (Phi) is 5.18. The number of thioether (sulfide) groups is 1. The largest absolute Gasteiger partial charge is 0.337 e. The molecule has 29 heavy (non-hydrogen) atoms. The van der Waals surface area contributed by atoms with Crippen LogP contribution in [0, 0.1) is 0 Å². The Labute approximate surface area is 179 Å². The maximum absolute atomic E-state index is 13.1. The molecule has 7 heteroatoms. The molecule has 3 heterocycles. The number of aromatic nitrogens is 3. The summed E-state index contributed by atoms with van der Waals surface area (Å²) < 4.78 is 2.28. The lowest BCUT2D eigenvalue weighted by molar-refractivity contribution is -0.131. The SMILES string of the molecule is CC(Sc1nnc(Cc2cccs2)n1C1CC1)C(=O)N1CCc2ccccc2C1. The van der Waals surface area contributed by atoms with Crippen LogP contribution in [0.25, 0.3) is 0 Å². The number of benzene rings is 1. The molecule has 3 aromatic rings. The zero-order valence-corrected chi connectivity index (χ0v) is 18.1. The van der Waals surface area contributed by atoms with Crippen molar-refractivity contribution in [3.05, 3.63) is 63.6 Å². The highest BCUT2D eigenvalue weighted by Crippen LogP contribution is 2.40. The number of nitrogens with zero attached hydrogens (tertiary/aromatic N) is 4. The first-order valence-electron chi connectivity index (χ1n) is 10.2. The van der Waals surface area contributed by atoms with Gasteiger partial charge in [0.1, 0.15) is 5.82 Å². The highest BCUT2D eigenvalue weighted by Gasteiger charge is 2.32. The van der Waals surface area contributed by atoms with Crippen molar-refractivity contribution in [3.63, 3.8) is 0 Å². The van der Waals surface area contributed by atoms with Gasteiger partial charge in [0.15, 0.2) is 5.16 Å². The summed E-state index contributed by atoms with van der Waals surface area (Å²) in [6.45, 7) is 3.50. The van der Waals surface area contributed by atoms with Gasteiger partial charge in [0.2, 0.25) is 5.91 Å². The molecule has 2 aliphatic rings. The van der Waals surface area contributed by atoms with E-state index in [2.05, 4.69) is 56.5 Å². The molecule has 1 unspecified atom stereocenters. The first kappa shape index (κ1) is 18.9. The van der Waals surface area contributed by atoms with Crippen LogP contribution in [0.4, 0.5) is 0 Å². The van der Waals surface area contributed by atoms with Crippen LogP contribution < -0.4 is 0 Å². The molecule has 5 nitrogen and oxygen atoms in total. The monoisotopic (exact) mass is 424 g/mol. The summed E-state index contributed by atoms with van der Waals surface area (Å²) >= 11 is 3.31. The molecular formula is C22H24N4OS2. The average Bonchev–Trinajstić information content (AvgIpc) is 3.30. The fourth-order valence-corrected chi connectivity index (χ4v) is 5.65. The van der Waals surface area contributed by atoms with Crippen molar-refractivity contribution in [2.24, 2.45) is 0 Å². The van der Waals surface area contributed by atoms with E-state index in [0.29, 0.717) is 12.6 Å². The van der Waals surface area contributed by atoms with Crippen molar-refractivity contribution >= 4 is 29.0 Å². The van der Waals surface area contributed by atoms with Crippen LogP contribution in [0.5, 0.6) is 0 Å². The van der Waals surface area contributed by atoms with E-state index in [9.17, 15) is 4.79 Å². The van der Waals surface area contributed by atoms with Gasteiger partial charge < -0.3 is 9.47 Å². The van der Waals surface area contributed by atoms with Crippen LogP contribution in [-0.4, -0.2) is 37.4 Å². The highest BCUT2D eigenvalue weighted by molar-refractivity contribution is 8.00. The van der Waals surface area contributed by atoms with E-state index in [1.165, 1.54) is 28.8 Å². The summed E-state index contributed by atoms with van der Waals surface area (Å²) in [7, 11) is 0. The Balaban J connectivity index is 1.30. The quantitative estimate of drug-likeness (QED) is 0.553. The molecule has 0 N–H and O–H groups in total. The Morgan fingerprint density at radius 3 is 2.79 bits per heavy atom. The van der Waals surface area contributed by atoms with Crippen molar-refractivity contribution in [1.82, 2.24) is 19.7 Å². The number of carbonyl (C=O) groups excluding carboxylic acids is 1. The summed E-state index contributed by atoms with van der Waals surface area (Å²) in [6.07, 6.45) is 4.10. The first-order chi connectivity index (χ1) is 14.2. The molecule has 0 saturated heterocycles. The van der Waals surface area contributed by atoms with Crippen molar-refractivity contribution < 1.29 is 4.79 Å². The summed E-state index contributed by atoms with van der Waals surface area (Å²) in [5.74, 6) is 1.21. The van der Waals surface area contributed by atoms with Gasteiger partial charge in [0.05, 0.1) is 5.25 Å². The maximum atomic E-state index is 13.1. The lowest BCUT2D eigenvalue weighted by Crippen LogP contribution is -2.40. The molecule has 1 aliphatic carbocycles. The van der Waals surface area contributed by atoms with Crippen LogP contribution in [0.15, 0.2) is 46.9 Å². The van der Waals surface area contributed by atoms with Gasteiger partial charge in [-0.25, -0.2) is 0 Å². The van der Waals surface area contributed by atoms with E-state index in [1.54, 1.807) is 23.1 Å². The predicted molar refractivity (Wildman–Crippen MR) is 116 cm³/mol. The van der Waals surface area contributed by atoms with Crippen LogP contribution in [0.3, 0.4) is 0 Å². The van der Waals surface area contributed by atoms with Crippen LogP contribution in [0.1, 0.15) is 47.6 Å². The van der Waals surface area contributed by atoms with E-state index in [4.69, 9.17) is 0 Å². The van der Waals surface area contributed by atoms with Gasteiger partial charge in [-0.3, -0.25) is 4.79 Å².